The number of rotatable bonds is 7. The van der Waals surface area contributed by atoms with Crippen molar-refractivity contribution in [3.63, 3.8) is 0 Å². The molecule has 0 bridgehead atoms. The predicted octanol–water partition coefficient (Wildman–Crippen LogP) is 2.94. The van der Waals surface area contributed by atoms with Crippen molar-refractivity contribution in [2.75, 3.05) is 48.7 Å². The second kappa shape index (κ2) is 9.18. The highest BCUT2D eigenvalue weighted by molar-refractivity contribution is 8.01. The molecule has 1 fully saturated rings. The Balaban J connectivity index is 1.45. The maximum atomic E-state index is 13.9. The van der Waals surface area contributed by atoms with Gasteiger partial charge in [0, 0.05) is 32.7 Å². The Morgan fingerprint density at radius 1 is 1.27 bits per heavy atom. The highest BCUT2D eigenvalue weighted by Crippen LogP contribution is 2.26. The van der Waals surface area contributed by atoms with Gasteiger partial charge in [-0.25, -0.2) is 4.39 Å². The van der Waals surface area contributed by atoms with Crippen molar-refractivity contribution in [2.45, 2.75) is 17.7 Å². The molecule has 0 aliphatic carbocycles. The van der Waals surface area contributed by atoms with Crippen LogP contribution in [0.2, 0.25) is 0 Å². The van der Waals surface area contributed by atoms with Gasteiger partial charge in [0.15, 0.2) is 4.34 Å². The first-order valence-electron chi connectivity index (χ1n) is 8.65. The van der Waals surface area contributed by atoms with Crippen LogP contribution < -0.4 is 10.2 Å². The van der Waals surface area contributed by atoms with E-state index < -0.39 is 0 Å². The van der Waals surface area contributed by atoms with Gasteiger partial charge >= 0.3 is 0 Å². The Morgan fingerprint density at radius 3 is 2.77 bits per heavy atom. The van der Waals surface area contributed by atoms with E-state index >= 15 is 0 Å². The van der Waals surface area contributed by atoms with Crippen LogP contribution in [0.25, 0.3) is 0 Å². The van der Waals surface area contributed by atoms with Crippen LogP contribution in [0.3, 0.4) is 0 Å². The van der Waals surface area contributed by atoms with Crippen molar-refractivity contribution in [1.29, 1.82) is 0 Å². The summed E-state index contributed by atoms with van der Waals surface area (Å²) in [6, 6.07) is 6.77. The van der Waals surface area contributed by atoms with Crippen LogP contribution in [-0.4, -0.2) is 59.5 Å². The lowest BCUT2D eigenvalue weighted by Crippen LogP contribution is -2.49. The number of nitrogens with one attached hydrogen (secondary N) is 1. The standard InChI is InChI=1S/C17H22FN5OS2/c1-2-7-19-16-20-21-17(26-16)25-12-15(24)23-10-8-22(9-11-23)14-6-4-3-5-13(14)18/h3-6H,2,7-12H2,1H3,(H,19,20). The number of hydrogen-bond acceptors (Lipinski definition) is 7. The van der Waals surface area contributed by atoms with Crippen molar-refractivity contribution >= 4 is 39.8 Å². The summed E-state index contributed by atoms with van der Waals surface area (Å²) in [5.41, 5.74) is 0.606. The summed E-state index contributed by atoms with van der Waals surface area (Å²) in [5.74, 6) is 0.218. The quantitative estimate of drug-likeness (QED) is 0.728. The second-order valence-electron chi connectivity index (χ2n) is 5.91. The lowest BCUT2D eigenvalue weighted by Gasteiger charge is -2.36. The number of amides is 1. The van der Waals surface area contributed by atoms with E-state index in [0.717, 1.165) is 22.4 Å². The van der Waals surface area contributed by atoms with E-state index in [-0.39, 0.29) is 11.7 Å². The van der Waals surface area contributed by atoms with Gasteiger partial charge in [-0.1, -0.05) is 42.2 Å². The van der Waals surface area contributed by atoms with E-state index in [1.807, 2.05) is 15.9 Å². The summed E-state index contributed by atoms with van der Waals surface area (Å²) in [7, 11) is 0. The number of carbonyl (C=O) groups is 1. The molecule has 1 aromatic heterocycles. The lowest BCUT2D eigenvalue weighted by atomic mass is 10.2. The number of carbonyl (C=O) groups excluding carboxylic acids is 1. The Hall–Kier alpha value is -1.87. The highest BCUT2D eigenvalue weighted by atomic mass is 32.2. The Bertz CT molecular complexity index is 733. The Morgan fingerprint density at radius 2 is 2.04 bits per heavy atom. The van der Waals surface area contributed by atoms with Crippen molar-refractivity contribution in [3.05, 3.63) is 30.1 Å². The van der Waals surface area contributed by atoms with Gasteiger partial charge in [-0.2, -0.15) is 0 Å². The zero-order valence-electron chi connectivity index (χ0n) is 14.7. The average molecular weight is 396 g/mol. The predicted molar refractivity (Wildman–Crippen MR) is 105 cm³/mol. The van der Waals surface area contributed by atoms with Gasteiger partial charge in [0.05, 0.1) is 11.4 Å². The minimum absolute atomic E-state index is 0.0847. The second-order valence-corrected chi connectivity index (χ2v) is 8.11. The maximum Gasteiger partial charge on any atom is 0.233 e. The summed E-state index contributed by atoms with van der Waals surface area (Å²) >= 11 is 2.89. The molecule has 0 saturated carbocycles. The Kier molecular flexibility index (Phi) is 6.67. The monoisotopic (exact) mass is 395 g/mol. The molecule has 1 aromatic carbocycles. The number of aromatic nitrogens is 2. The zero-order chi connectivity index (χ0) is 18.4. The maximum absolute atomic E-state index is 13.9. The van der Waals surface area contributed by atoms with E-state index in [4.69, 9.17) is 0 Å². The highest BCUT2D eigenvalue weighted by Gasteiger charge is 2.23. The average Bonchev–Trinajstić information content (AvgIpc) is 3.13. The third kappa shape index (κ3) is 4.85. The molecule has 1 amide bonds. The van der Waals surface area contributed by atoms with Crippen molar-refractivity contribution in [2.24, 2.45) is 0 Å². The summed E-state index contributed by atoms with van der Waals surface area (Å²) < 4.78 is 14.7. The van der Waals surface area contributed by atoms with Gasteiger partial charge in [0.25, 0.3) is 0 Å². The van der Waals surface area contributed by atoms with Crippen LogP contribution >= 0.6 is 23.1 Å². The van der Waals surface area contributed by atoms with Crippen LogP contribution in [0.1, 0.15) is 13.3 Å². The van der Waals surface area contributed by atoms with Crippen LogP contribution in [0.15, 0.2) is 28.6 Å². The molecule has 0 atom stereocenters. The van der Waals surface area contributed by atoms with Gasteiger partial charge in [0.2, 0.25) is 11.0 Å². The molecule has 1 N–H and O–H groups in total. The van der Waals surface area contributed by atoms with E-state index in [9.17, 15) is 9.18 Å². The van der Waals surface area contributed by atoms with Crippen molar-refractivity contribution in [3.8, 4) is 0 Å². The van der Waals surface area contributed by atoms with E-state index in [0.29, 0.717) is 37.6 Å². The fraction of sp³-hybridized carbons (Fsp3) is 0.471. The van der Waals surface area contributed by atoms with Crippen LogP contribution in [-0.2, 0) is 4.79 Å². The molecule has 26 heavy (non-hydrogen) atoms. The molecule has 6 nitrogen and oxygen atoms in total. The normalized spacial score (nSPS) is 14.5. The van der Waals surface area contributed by atoms with Crippen LogP contribution in [0.5, 0.6) is 0 Å². The fourth-order valence-corrected chi connectivity index (χ4v) is 4.37. The fourth-order valence-electron chi connectivity index (χ4n) is 2.69. The molecular weight excluding hydrogens is 373 g/mol. The summed E-state index contributed by atoms with van der Waals surface area (Å²) in [4.78, 5) is 16.2. The molecule has 0 radical (unpaired) electrons. The smallest absolute Gasteiger partial charge is 0.233 e. The lowest BCUT2D eigenvalue weighted by molar-refractivity contribution is -0.128. The number of para-hydroxylation sites is 1. The summed E-state index contributed by atoms with van der Waals surface area (Å²) in [5, 5.41) is 12.1. The van der Waals surface area contributed by atoms with Gasteiger partial charge in [-0.3, -0.25) is 4.79 Å². The molecule has 9 heteroatoms. The van der Waals surface area contributed by atoms with E-state index in [1.165, 1.54) is 29.2 Å². The third-order valence-corrected chi connectivity index (χ3v) is 6.08. The number of hydrogen-bond donors (Lipinski definition) is 1. The SMILES string of the molecule is CCCNc1nnc(SCC(=O)N2CCN(c3ccccc3F)CC2)s1. The van der Waals surface area contributed by atoms with Gasteiger partial charge in [0.1, 0.15) is 5.82 Å². The molecule has 0 spiro atoms. The molecule has 3 rings (SSSR count). The molecule has 140 valence electrons. The molecule has 1 saturated heterocycles. The molecule has 0 unspecified atom stereocenters. The first-order valence-corrected chi connectivity index (χ1v) is 10.4. The number of thioether (sulfide) groups is 1. The first kappa shape index (κ1) is 18.9. The molecule has 2 heterocycles. The molecular formula is C17H22FN5OS2. The first-order chi connectivity index (χ1) is 12.7. The number of halogens is 1. The molecule has 1 aliphatic heterocycles. The summed E-state index contributed by atoms with van der Waals surface area (Å²) in [6.45, 7) is 5.45. The van der Waals surface area contributed by atoms with Gasteiger partial charge in [-0.05, 0) is 18.6 Å². The molecule has 1 aliphatic rings. The van der Waals surface area contributed by atoms with Crippen molar-refractivity contribution < 1.29 is 9.18 Å². The summed E-state index contributed by atoms with van der Waals surface area (Å²) in [6.07, 6.45) is 1.03. The molecule has 2 aromatic rings. The topological polar surface area (TPSA) is 61.4 Å². The largest absolute Gasteiger partial charge is 0.366 e. The van der Waals surface area contributed by atoms with E-state index in [1.54, 1.807) is 12.1 Å². The zero-order valence-corrected chi connectivity index (χ0v) is 16.3. The third-order valence-electron chi connectivity index (χ3n) is 4.08. The number of nitrogens with zero attached hydrogens (tertiary/aromatic N) is 4. The number of benzene rings is 1. The van der Waals surface area contributed by atoms with Crippen LogP contribution in [0.4, 0.5) is 15.2 Å². The van der Waals surface area contributed by atoms with E-state index in [2.05, 4.69) is 22.4 Å². The van der Waals surface area contributed by atoms with Gasteiger partial charge < -0.3 is 15.1 Å². The van der Waals surface area contributed by atoms with Crippen molar-refractivity contribution in [1.82, 2.24) is 15.1 Å². The van der Waals surface area contributed by atoms with Gasteiger partial charge in [-0.15, -0.1) is 10.2 Å². The van der Waals surface area contributed by atoms with Crippen LogP contribution in [0, 0.1) is 5.82 Å². The number of piperazine rings is 1. The minimum Gasteiger partial charge on any atom is -0.366 e. The number of anilines is 2. The Labute approximate surface area is 160 Å². The minimum atomic E-state index is -0.216.